The van der Waals surface area contributed by atoms with Gasteiger partial charge in [0.05, 0.1) is 5.41 Å². The van der Waals surface area contributed by atoms with Crippen LogP contribution in [0.1, 0.15) is 30.4 Å². The largest absolute Gasteiger partial charge is 0.481 e. The van der Waals surface area contributed by atoms with Gasteiger partial charge in [-0.1, -0.05) is 64.9 Å². The highest BCUT2D eigenvalue weighted by Crippen LogP contribution is 2.43. The Morgan fingerprint density at radius 1 is 1.00 bits per heavy atom. The second-order valence-electron chi connectivity index (χ2n) is 9.46. The van der Waals surface area contributed by atoms with Crippen LogP contribution in [0.4, 0.5) is 13.2 Å². The second-order valence-corrected chi connectivity index (χ2v) is 9.46. The lowest BCUT2D eigenvalue weighted by Crippen LogP contribution is -2.49. The average Bonchev–Trinajstić information content (AvgIpc) is 3.57. The number of carboxylic acid groups (broad SMARTS) is 1. The van der Waals surface area contributed by atoms with Crippen molar-refractivity contribution in [1.82, 2.24) is 20.6 Å². The van der Waals surface area contributed by atoms with E-state index >= 15 is 0 Å². The summed E-state index contributed by atoms with van der Waals surface area (Å²) in [6.45, 7) is 0.745. The number of nitrogens with one attached hydrogen (secondary N) is 1. The Labute approximate surface area is 219 Å². The highest BCUT2D eigenvalue weighted by Gasteiger charge is 2.47. The predicted octanol–water partition coefficient (Wildman–Crippen LogP) is 4.06. The standard InChI is InChI=1S/C26H23F3N4O6/c27-26(28,29)18-19(15-5-2-1-3-6-15)32-38-20(18)22-31-21(33-39-22)16-7-9-17(10-8-16)25(36,37)13-24(23(34)35)11-4-12-30-14-24/h1-3,5-10,30,36-37H,4,11-14H2,(H,34,35). The van der Waals surface area contributed by atoms with Crippen LogP contribution in [-0.4, -0.2) is 49.7 Å². The number of halogens is 3. The van der Waals surface area contributed by atoms with Gasteiger partial charge in [-0.25, -0.2) is 0 Å². The van der Waals surface area contributed by atoms with Gasteiger partial charge >= 0.3 is 12.1 Å². The van der Waals surface area contributed by atoms with Gasteiger partial charge in [0.1, 0.15) is 11.3 Å². The molecule has 13 heteroatoms. The van der Waals surface area contributed by atoms with Crippen LogP contribution in [0.5, 0.6) is 0 Å². The van der Waals surface area contributed by atoms with E-state index in [9.17, 15) is 33.3 Å². The zero-order valence-electron chi connectivity index (χ0n) is 20.3. The third kappa shape index (κ3) is 5.15. The normalized spacial score (nSPS) is 18.3. The van der Waals surface area contributed by atoms with E-state index < -0.39 is 52.7 Å². The van der Waals surface area contributed by atoms with Gasteiger partial charge in [0.25, 0.3) is 5.89 Å². The van der Waals surface area contributed by atoms with Crippen LogP contribution in [0.3, 0.4) is 0 Å². The van der Waals surface area contributed by atoms with Crippen molar-refractivity contribution in [3.8, 4) is 34.3 Å². The minimum atomic E-state index is -4.83. The van der Waals surface area contributed by atoms with Gasteiger partial charge in [-0.05, 0) is 19.4 Å². The molecule has 0 bridgehead atoms. The topological polar surface area (TPSA) is 155 Å². The third-order valence-electron chi connectivity index (χ3n) is 6.76. The molecule has 1 saturated heterocycles. The summed E-state index contributed by atoms with van der Waals surface area (Å²) in [4.78, 5) is 16.0. The van der Waals surface area contributed by atoms with E-state index in [4.69, 9.17) is 9.05 Å². The first-order chi connectivity index (χ1) is 18.5. The van der Waals surface area contributed by atoms with E-state index in [0.29, 0.717) is 18.5 Å². The molecule has 1 unspecified atom stereocenters. The van der Waals surface area contributed by atoms with E-state index in [1.165, 1.54) is 36.4 Å². The summed E-state index contributed by atoms with van der Waals surface area (Å²) in [6.07, 6.45) is -4.40. The Morgan fingerprint density at radius 3 is 2.33 bits per heavy atom. The molecule has 1 aliphatic heterocycles. The second kappa shape index (κ2) is 9.91. The molecule has 0 spiro atoms. The van der Waals surface area contributed by atoms with E-state index in [1.54, 1.807) is 18.2 Å². The number of rotatable bonds is 7. The van der Waals surface area contributed by atoms with Crippen LogP contribution in [-0.2, 0) is 16.8 Å². The van der Waals surface area contributed by atoms with Gasteiger partial charge in [-0.2, -0.15) is 18.2 Å². The molecular weight excluding hydrogens is 521 g/mol. The summed E-state index contributed by atoms with van der Waals surface area (Å²) < 4.78 is 52.0. The van der Waals surface area contributed by atoms with Crippen molar-refractivity contribution in [1.29, 1.82) is 0 Å². The lowest BCUT2D eigenvalue weighted by atomic mass is 9.74. The quantitative estimate of drug-likeness (QED) is 0.250. The highest BCUT2D eigenvalue weighted by molar-refractivity contribution is 5.75. The Kier molecular flexibility index (Phi) is 6.74. The van der Waals surface area contributed by atoms with Crippen molar-refractivity contribution in [2.75, 3.05) is 13.1 Å². The van der Waals surface area contributed by atoms with Gasteiger partial charge in [0.2, 0.25) is 11.6 Å². The number of aliphatic hydroxyl groups is 2. The summed E-state index contributed by atoms with van der Waals surface area (Å²) in [5.41, 5.74) is -2.41. The van der Waals surface area contributed by atoms with Crippen molar-refractivity contribution in [3.05, 3.63) is 65.7 Å². The number of piperidine rings is 1. The summed E-state index contributed by atoms with van der Waals surface area (Å²) in [5, 5.41) is 41.6. The van der Waals surface area contributed by atoms with Crippen LogP contribution in [0.2, 0.25) is 0 Å². The highest BCUT2D eigenvalue weighted by atomic mass is 19.4. The molecule has 0 saturated carbocycles. The van der Waals surface area contributed by atoms with Crippen molar-refractivity contribution in [3.63, 3.8) is 0 Å². The molecule has 2 aromatic heterocycles. The van der Waals surface area contributed by atoms with E-state index in [-0.39, 0.29) is 29.9 Å². The third-order valence-corrected chi connectivity index (χ3v) is 6.76. The van der Waals surface area contributed by atoms with Crippen LogP contribution < -0.4 is 5.32 Å². The Bertz CT molecular complexity index is 1460. The molecule has 0 aliphatic carbocycles. The lowest BCUT2D eigenvalue weighted by Gasteiger charge is -2.38. The summed E-state index contributed by atoms with van der Waals surface area (Å²) in [5.74, 6) is -4.93. The number of nitrogens with zero attached hydrogens (tertiary/aromatic N) is 3. The van der Waals surface area contributed by atoms with E-state index in [0.717, 1.165) is 0 Å². The van der Waals surface area contributed by atoms with Gasteiger partial charge in [0, 0.05) is 29.7 Å². The first-order valence-electron chi connectivity index (χ1n) is 12.0. The number of alkyl halides is 3. The summed E-state index contributed by atoms with van der Waals surface area (Å²) in [7, 11) is 0. The zero-order valence-corrected chi connectivity index (χ0v) is 20.3. The molecule has 4 N–H and O–H groups in total. The SMILES string of the molecule is O=C(O)C1(CC(O)(O)c2ccc(-c3noc(-c4onc(-c5ccccc5)c4C(F)(F)F)n3)cc2)CCCNC1. The molecule has 204 valence electrons. The predicted molar refractivity (Wildman–Crippen MR) is 129 cm³/mol. The summed E-state index contributed by atoms with van der Waals surface area (Å²) in [6, 6.07) is 13.2. The zero-order chi connectivity index (χ0) is 27.8. The maximum Gasteiger partial charge on any atom is 0.422 e. The molecule has 3 heterocycles. The first-order valence-corrected chi connectivity index (χ1v) is 12.0. The maximum absolute atomic E-state index is 14.0. The number of hydrogen-bond acceptors (Lipinski definition) is 9. The molecule has 10 nitrogen and oxygen atoms in total. The first kappa shape index (κ1) is 26.5. The van der Waals surface area contributed by atoms with Crippen LogP contribution in [0.25, 0.3) is 34.3 Å². The van der Waals surface area contributed by atoms with Crippen molar-refractivity contribution < 1.29 is 42.3 Å². The van der Waals surface area contributed by atoms with Crippen LogP contribution in [0.15, 0.2) is 63.6 Å². The molecule has 1 fully saturated rings. The molecule has 2 aromatic carbocycles. The number of hydrogen-bond donors (Lipinski definition) is 4. The monoisotopic (exact) mass is 544 g/mol. The Balaban J connectivity index is 1.41. The molecule has 0 amide bonds. The fraction of sp³-hybridized carbons (Fsp3) is 0.308. The van der Waals surface area contributed by atoms with Gasteiger partial charge in [-0.15, -0.1) is 0 Å². The Hall–Kier alpha value is -4.07. The molecule has 4 aromatic rings. The van der Waals surface area contributed by atoms with Gasteiger partial charge < -0.3 is 29.7 Å². The van der Waals surface area contributed by atoms with Crippen molar-refractivity contribution >= 4 is 5.97 Å². The number of aliphatic carboxylic acids is 1. The number of aromatic nitrogens is 3. The van der Waals surface area contributed by atoms with E-state index in [1.807, 2.05) is 0 Å². The van der Waals surface area contributed by atoms with Crippen LogP contribution in [0, 0.1) is 5.41 Å². The molecule has 1 aliphatic rings. The number of carbonyl (C=O) groups is 1. The van der Waals surface area contributed by atoms with Crippen molar-refractivity contribution in [2.45, 2.75) is 31.2 Å². The molecule has 0 radical (unpaired) electrons. The fourth-order valence-corrected chi connectivity index (χ4v) is 4.76. The van der Waals surface area contributed by atoms with Crippen molar-refractivity contribution in [2.24, 2.45) is 5.41 Å². The molecule has 1 atom stereocenters. The minimum absolute atomic E-state index is 0.0308. The number of carboxylic acids is 1. The van der Waals surface area contributed by atoms with Gasteiger partial charge in [0.15, 0.2) is 5.79 Å². The lowest BCUT2D eigenvalue weighted by molar-refractivity contribution is -0.203. The molecular formula is C26H23F3N4O6. The number of benzene rings is 2. The minimum Gasteiger partial charge on any atom is -0.481 e. The average molecular weight is 544 g/mol. The Morgan fingerprint density at radius 2 is 1.72 bits per heavy atom. The smallest absolute Gasteiger partial charge is 0.422 e. The van der Waals surface area contributed by atoms with E-state index in [2.05, 4.69) is 20.6 Å². The van der Waals surface area contributed by atoms with Gasteiger partial charge in [-0.3, -0.25) is 4.79 Å². The molecule has 5 rings (SSSR count). The van der Waals surface area contributed by atoms with Crippen LogP contribution >= 0.6 is 0 Å². The molecule has 39 heavy (non-hydrogen) atoms. The summed E-state index contributed by atoms with van der Waals surface area (Å²) >= 11 is 0. The maximum atomic E-state index is 14.0. The fourth-order valence-electron chi connectivity index (χ4n) is 4.76.